The molecule has 1 unspecified atom stereocenters. The smallest absolute Gasteiger partial charge is 0.256 e. The zero-order chi connectivity index (χ0) is 14.7. The van der Waals surface area contributed by atoms with Crippen LogP contribution in [0.1, 0.15) is 46.8 Å². The molecular formula is C13H16N4O4. The van der Waals surface area contributed by atoms with E-state index in [0.29, 0.717) is 36.0 Å². The van der Waals surface area contributed by atoms with Crippen LogP contribution >= 0.6 is 0 Å². The Kier molecular flexibility index (Phi) is 3.96. The summed E-state index contributed by atoms with van der Waals surface area (Å²) in [6.07, 6.45) is 3.73. The van der Waals surface area contributed by atoms with Crippen LogP contribution in [-0.4, -0.2) is 34.4 Å². The maximum absolute atomic E-state index is 11.8. The Morgan fingerprint density at radius 2 is 2.38 bits per heavy atom. The average Bonchev–Trinajstić information content (AvgIpc) is 3.19. The van der Waals surface area contributed by atoms with E-state index in [2.05, 4.69) is 20.6 Å². The largest absolute Gasteiger partial charge is 0.368 e. The molecule has 1 amide bonds. The lowest BCUT2D eigenvalue weighted by Crippen LogP contribution is -2.26. The van der Waals surface area contributed by atoms with Crippen LogP contribution in [0.4, 0.5) is 0 Å². The Bertz CT molecular complexity index is 615. The first-order chi connectivity index (χ1) is 10.2. The number of carbonyl (C=O) groups excluding carboxylic acids is 1. The van der Waals surface area contributed by atoms with Gasteiger partial charge in [0, 0.05) is 19.6 Å². The molecule has 1 saturated heterocycles. The monoisotopic (exact) mass is 292 g/mol. The molecule has 8 nitrogen and oxygen atoms in total. The van der Waals surface area contributed by atoms with Gasteiger partial charge in [-0.1, -0.05) is 10.3 Å². The van der Waals surface area contributed by atoms with E-state index >= 15 is 0 Å². The van der Waals surface area contributed by atoms with E-state index in [1.54, 1.807) is 6.92 Å². The summed E-state index contributed by atoms with van der Waals surface area (Å²) in [7, 11) is 0. The van der Waals surface area contributed by atoms with Crippen LogP contribution in [0.3, 0.4) is 0 Å². The molecular weight excluding hydrogens is 276 g/mol. The van der Waals surface area contributed by atoms with Crippen molar-refractivity contribution >= 4 is 5.91 Å². The van der Waals surface area contributed by atoms with Crippen molar-refractivity contribution in [2.24, 2.45) is 0 Å². The zero-order valence-corrected chi connectivity index (χ0v) is 11.7. The lowest BCUT2D eigenvalue weighted by molar-refractivity contribution is 0.0835. The molecule has 3 heterocycles. The molecule has 3 rings (SSSR count). The van der Waals surface area contributed by atoms with Crippen molar-refractivity contribution in [3.8, 4) is 0 Å². The van der Waals surface area contributed by atoms with Gasteiger partial charge in [0.15, 0.2) is 5.82 Å². The predicted octanol–water partition coefficient (Wildman–Crippen LogP) is 1.19. The van der Waals surface area contributed by atoms with Crippen LogP contribution < -0.4 is 5.32 Å². The van der Waals surface area contributed by atoms with E-state index in [1.807, 2.05) is 0 Å². The van der Waals surface area contributed by atoms with Gasteiger partial charge in [-0.2, -0.15) is 4.98 Å². The van der Waals surface area contributed by atoms with E-state index in [0.717, 1.165) is 19.4 Å². The highest BCUT2D eigenvalue weighted by molar-refractivity contribution is 5.94. The molecule has 112 valence electrons. The van der Waals surface area contributed by atoms with Crippen LogP contribution in [0.25, 0.3) is 0 Å². The van der Waals surface area contributed by atoms with Gasteiger partial charge in [-0.15, -0.1) is 0 Å². The summed E-state index contributed by atoms with van der Waals surface area (Å²) in [6, 6.07) is 0. The van der Waals surface area contributed by atoms with E-state index in [-0.39, 0.29) is 12.0 Å². The van der Waals surface area contributed by atoms with E-state index in [9.17, 15) is 4.79 Å². The van der Waals surface area contributed by atoms with Crippen LogP contribution in [0.5, 0.6) is 0 Å². The second kappa shape index (κ2) is 6.04. The zero-order valence-electron chi connectivity index (χ0n) is 11.7. The summed E-state index contributed by atoms with van der Waals surface area (Å²) >= 11 is 0. The van der Waals surface area contributed by atoms with E-state index < -0.39 is 0 Å². The Hall–Kier alpha value is -2.22. The molecule has 0 saturated carbocycles. The second-order valence-electron chi connectivity index (χ2n) is 4.85. The standard InChI is InChI=1S/C13H16N4O4/c1-8-9(7-15-20-8)12(18)14-5-4-11-16-13(21-17-11)10-3-2-6-19-10/h7,10H,2-6H2,1H3,(H,14,18). The number of amides is 1. The Balaban J connectivity index is 1.49. The average molecular weight is 292 g/mol. The minimum absolute atomic E-state index is 0.0829. The molecule has 0 spiro atoms. The Morgan fingerprint density at radius 1 is 1.48 bits per heavy atom. The number of aryl methyl sites for hydroxylation is 1. The van der Waals surface area contributed by atoms with Crippen molar-refractivity contribution in [3.63, 3.8) is 0 Å². The fourth-order valence-corrected chi connectivity index (χ4v) is 2.17. The predicted molar refractivity (Wildman–Crippen MR) is 69.5 cm³/mol. The molecule has 2 aromatic rings. The molecule has 0 bridgehead atoms. The van der Waals surface area contributed by atoms with Crippen LogP contribution in [0.15, 0.2) is 15.2 Å². The lowest BCUT2D eigenvalue weighted by Gasteiger charge is -2.01. The van der Waals surface area contributed by atoms with E-state index in [4.69, 9.17) is 13.8 Å². The van der Waals surface area contributed by atoms with Gasteiger partial charge in [-0.05, 0) is 19.8 Å². The van der Waals surface area contributed by atoms with Crippen LogP contribution in [-0.2, 0) is 11.2 Å². The van der Waals surface area contributed by atoms with Gasteiger partial charge in [0.25, 0.3) is 11.8 Å². The van der Waals surface area contributed by atoms with Gasteiger partial charge >= 0.3 is 0 Å². The fourth-order valence-electron chi connectivity index (χ4n) is 2.17. The number of aromatic nitrogens is 3. The van der Waals surface area contributed by atoms with Crippen molar-refractivity contribution in [2.45, 2.75) is 32.3 Å². The van der Waals surface area contributed by atoms with Gasteiger partial charge in [-0.25, -0.2) is 0 Å². The highest BCUT2D eigenvalue weighted by Crippen LogP contribution is 2.26. The van der Waals surface area contributed by atoms with Gasteiger partial charge in [0.1, 0.15) is 17.4 Å². The summed E-state index contributed by atoms with van der Waals surface area (Å²) in [4.78, 5) is 16.1. The molecule has 1 fully saturated rings. The minimum Gasteiger partial charge on any atom is -0.368 e. The molecule has 1 N–H and O–H groups in total. The first-order valence-electron chi connectivity index (χ1n) is 6.87. The highest BCUT2D eigenvalue weighted by Gasteiger charge is 2.23. The van der Waals surface area contributed by atoms with Crippen molar-refractivity contribution in [1.29, 1.82) is 0 Å². The van der Waals surface area contributed by atoms with Gasteiger partial charge in [0.05, 0.1) is 6.20 Å². The number of hydrogen-bond donors (Lipinski definition) is 1. The third-order valence-corrected chi connectivity index (χ3v) is 3.32. The number of carbonyl (C=O) groups is 1. The first kappa shape index (κ1) is 13.7. The van der Waals surface area contributed by atoms with Crippen LogP contribution in [0, 0.1) is 6.92 Å². The van der Waals surface area contributed by atoms with Gasteiger partial charge in [0.2, 0.25) is 0 Å². The molecule has 0 aromatic carbocycles. The maximum Gasteiger partial charge on any atom is 0.256 e. The summed E-state index contributed by atoms with van der Waals surface area (Å²) in [5.74, 6) is 1.34. The molecule has 8 heteroatoms. The maximum atomic E-state index is 11.8. The molecule has 1 aliphatic rings. The summed E-state index contributed by atoms with van der Waals surface area (Å²) < 4.78 is 15.5. The van der Waals surface area contributed by atoms with Crippen molar-refractivity contribution < 1.29 is 18.6 Å². The third-order valence-electron chi connectivity index (χ3n) is 3.32. The molecule has 21 heavy (non-hydrogen) atoms. The SMILES string of the molecule is Cc1oncc1C(=O)NCCc1noc(C2CCCO2)n1. The van der Waals surface area contributed by atoms with Crippen LogP contribution in [0.2, 0.25) is 0 Å². The molecule has 0 aliphatic carbocycles. The van der Waals surface area contributed by atoms with Gasteiger partial charge < -0.3 is 19.1 Å². The topological polar surface area (TPSA) is 103 Å². The minimum atomic E-state index is -0.225. The molecule has 1 atom stereocenters. The number of ether oxygens (including phenoxy) is 1. The first-order valence-corrected chi connectivity index (χ1v) is 6.87. The number of rotatable bonds is 5. The second-order valence-corrected chi connectivity index (χ2v) is 4.85. The summed E-state index contributed by atoms with van der Waals surface area (Å²) in [5, 5.41) is 10.2. The highest BCUT2D eigenvalue weighted by atomic mass is 16.5. The van der Waals surface area contributed by atoms with Crippen molar-refractivity contribution in [3.05, 3.63) is 29.2 Å². The number of hydrogen-bond acceptors (Lipinski definition) is 7. The molecule has 1 aliphatic heterocycles. The number of nitrogens with one attached hydrogen (secondary N) is 1. The summed E-state index contributed by atoms with van der Waals surface area (Å²) in [6.45, 7) is 2.83. The van der Waals surface area contributed by atoms with Crippen molar-refractivity contribution in [1.82, 2.24) is 20.6 Å². The fraction of sp³-hybridized carbons (Fsp3) is 0.538. The van der Waals surface area contributed by atoms with E-state index in [1.165, 1.54) is 6.20 Å². The quantitative estimate of drug-likeness (QED) is 0.882. The Labute approximate surface area is 120 Å². The normalized spacial score (nSPS) is 18.0. The molecule has 0 radical (unpaired) electrons. The lowest BCUT2D eigenvalue weighted by atomic mass is 10.2. The van der Waals surface area contributed by atoms with Gasteiger partial charge in [-0.3, -0.25) is 4.79 Å². The number of nitrogens with zero attached hydrogens (tertiary/aromatic N) is 3. The van der Waals surface area contributed by atoms with Crippen molar-refractivity contribution in [2.75, 3.05) is 13.2 Å². The molecule has 2 aromatic heterocycles. The Morgan fingerprint density at radius 3 is 3.10 bits per heavy atom. The third kappa shape index (κ3) is 3.10. The summed E-state index contributed by atoms with van der Waals surface area (Å²) in [5.41, 5.74) is 0.433.